The van der Waals surface area contributed by atoms with E-state index in [0.29, 0.717) is 41.1 Å². The second kappa shape index (κ2) is 25.5. The monoisotopic (exact) mass is 864 g/mol. The first kappa shape index (κ1) is 47.7. The van der Waals surface area contributed by atoms with E-state index in [1.807, 2.05) is 91.0 Å². The van der Waals surface area contributed by atoms with E-state index in [4.69, 9.17) is 23.7 Å². The van der Waals surface area contributed by atoms with Crippen molar-refractivity contribution in [2.75, 3.05) is 13.4 Å². The van der Waals surface area contributed by atoms with Gasteiger partial charge in [-0.2, -0.15) is 0 Å². The van der Waals surface area contributed by atoms with Crippen LogP contribution in [-0.2, 0) is 15.9 Å². The number of hydrogen-bond acceptors (Lipinski definition) is 7. The Labute approximate surface area is 382 Å². The van der Waals surface area contributed by atoms with Crippen molar-refractivity contribution in [1.82, 2.24) is 0 Å². The molecule has 0 amide bonds. The minimum atomic E-state index is -0.408. The Kier molecular flexibility index (Phi) is 19.0. The van der Waals surface area contributed by atoms with Crippen LogP contribution in [0.25, 0.3) is 5.76 Å². The number of aryl methyl sites for hydroxylation is 1. The van der Waals surface area contributed by atoms with Gasteiger partial charge in [-0.3, -0.25) is 0 Å². The molecule has 2 fully saturated rings. The van der Waals surface area contributed by atoms with Gasteiger partial charge >= 0.3 is 11.9 Å². The summed E-state index contributed by atoms with van der Waals surface area (Å²) in [7, 11) is 0. The van der Waals surface area contributed by atoms with Crippen LogP contribution in [0.15, 0.2) is 134 Å². The lowest BCUT2D eigenvalue weighted by molar-refractivity contribution is 0.0629. The van der Waals surface area contributed by atoms with Crippen LogP contribution in [0, 0.1) is 11.8 Å². The molecule has 7 rings (SSSR count). The molecule has 7 heteroatoms. The minimum Gasteiger partial charge on any atom is -0.494 e. The lowest BCUT2D eigenvalue weighted by Gasteiger charge is -2.26. The van der Waals surface area contributed by atoms with Crippen LogP contribution in [-0.4, -0.2) is 25.3 Å². The molecule has 2 saturated carbocycles. The zero-order chi connectivity index (χ0) is 44.9. The number of hydrogen-bond donors (Lipinski definition) is 0. The molecular weight excluding hydrogens is 797 g/mol. The molecule has 2 aliphatic carbocycles. The fourth-order valence-corrected chi connectivity index (χ4v) is 8.40. The number of benzene rings is 5. The molecule has 5 aromatic carbocycles. The summed E-state index contributed by atoms with van der Waals surface area (Å²) in [6.45, 7) is 9.69. The van der Waals surface area contributed by atoms with Gasteiger partial charge in [-0.05, 0) is 140 Å². The van der Waals surface area contributed by atoms with Gasteiger partial charge in [-0.1, -0.05) is 139 Å². The topological polar surface area (TPSA) is 80.3 Å². The van der Waals surface area contributed by atoms with E-state index in [0.717, 1.165) is 41.7 Å². The van der Waals surface area contributed by atoms with Crippen molar-refractivity contribution in [3.8, 4) is 17.2 Å². The van der Waals surface area contributed by atoms with Gasteiger partial charge in [0.2, 0.25) is 6.79 Å². The highest BCUT2D eigenvalue weighted by Crippen LogP contribution is 2.37. The van der Waals surface area contributed by atoms with Crippen molar-refractivity contribution >= 4 is 17.7 Å². The maximum atomic E-state index is 12.8. The van der Waals surface area contributed by atoms with Gasteiger partial charge in [-0.15, -0.1) is 0 Å². The van der Waals surface area contributed by atoms with E-state index in [2.05, 4.69) is 52.0 Å². The van der Waals surface area contributed by atoms with Gasteiger partial charge in [0.1, 0.15) is 23.5 Å². The van der Waals surface area contributed by atoms with Gasteiger partial charge in [0.25, 0.3) is 0 Å². The van der Waals surface area contributed by atoms with Crippen molar-refractivity contribution in [3.05, 3.63) is 167 Å². The first-order valence-electron chi connectivity index (χ1n) is 23.7. The molecule has 0 spiro atoms. The van der Waals surface area contributed by atoms with Crippen molar-refractivity contribution in [2.45, 2.75) is 123 Å². The van der Waals surface area contributed by atoms with Crippen LogP contribution in [0.2, 0.25) is 0 Å². The fourth-order valence-electron chi connectivity index (χ4n) is 8.40. The van der Waals surface area contributed by atoms with Crippen molar-refractivity contribution < 1.29 is 33.3 Å². The van der Waals surface area contributed by atoms with Crippen LogP contribution in [0.4, 0.5) is 0 Å². The molecule has 0 atom stereocenters. The summed E-state index contributed by atoms with van der Waals surface area (Å²) < 4.78 is 28.4. The summed E-state index contributed by atoms with van der Waals surface area (Å²) in [6, 6.07) is 40.6. The normalized spacial score (nSPS) is 18.5. The fraction of sp³-hybridized carbons (Fsp3) is 0.404. The number of ether oxygens (including phenoxy) is 5. The van der Waals surface area contributed by atoms with E-state index < -0.39 is 5.97 Å². The van der Waals surface area contributed by atoms with Crippen molar-refractivity contribution in [2.24, 2.45) is 11.8 Å². The highest BCUT2D eigenvalue weighted by atomic mass is 16.7. The number of unbranched alkanes of at least 4 members (excludes halogenated alkanes) is 3. The molecule has 0 radical (unpaired) electrons. The molecule has 0 N–H and O–H groups in total. The zero-order valence-corrected chi connectivity index (χ0v) is 38.5. The number of esters is 2. The molecular formula is C57H68O7. The zero-order valence-electron chi connectivity index (χ0n) is 38.5. The van der Waals surface area contributed by atoms with E-state index in [1.165, 1.54) is 93.6 Å². The second-order valence-corrected chi connectivity index (χ2v) is 17.6. The molecule has 0 aliphatic heterocycles. The summed E-state index contributed by atoms with van der Waals surface area (Å²) in [5.74, 6) is 4.69. The van der Waals surface area contributed by atoms with Crippen LogP contribution in [0.1, 0.15) is 160 Å². The quantitative estimate of drug-likeness (QED) is 0.0285. The largest absolute Gasteiger partial charge is 0.494 e. The van der Waals surface area contributed by atoms with Gasteiger partial charge in [0.05, 0.1) is 17.7 Å². The molecule has 0 saturated heterocycles. The Balaban J connectivity index is 0.000000242. The maximum Gasteiger partial charge on any atom is 0.343 e. The standard InChI is InChI=1S/C36H42O4.C21H26O3/c1-26-8-12-28(13-9-26)30-16-18-33(19-17-30)36(37)38-24-35(32-6-4-3-5-7-32)40-25-39-34-22-20-31(21-23-34)29-14-10-27(2)11-15-29;1-3-5-6-7-16-23-19-14-10-18(11-15-19)21(22)24-20-12-8-17(4-2)9-13-20/h3-7,16-24,26-29H,8-15,25H2,1-2H3;8-15H,3-7,16H2,1-2H3/b35-24-;. The lowest BCUT2D eigenvalue weighted by Crippen LogP contribution is -2.11. The second-order valence-electron chi connectivity index (χ2n) is 17.6. The molecule has 0 bridgehead atoms. The van der Waals surface area contributed by atoms with Crippen LogP contribution in [0.5, 0.6) is 17.2 Å². The summed E-state index contributed by atoms with van der Waals surface area (Å²) >= 11 is 0. The molecule has 0 aromatic heterocycles. The molecule has 7 nitrogen and oxygen atoms in total. The predicted molar refractivity (Wildman–Crippen MR) is 257 cm³/mol. The molecule has 0 unspecified atom stereocenters. The highest BCUT2D eigenvalue weighted by molar-refractivity contribution is 5.91. The summed E-state index contributed by atoms with van der Waals surface area (Å²) in [4.78, 5) is 25.0. The smallest absolute Gasteiger partial charge is 0.343 e. The van der Waals surface area contributed by atoms with Crippen LogP contribution < -0.4 is 14.2 Å². The third-order valence-corrected chi connectivity index (χ3v) is 12.7. The highest BCUT2D eigenvalue weighted by Gasteiger charge is 2.21. The molecule has 5 aromatic rings. The first-order chi connectivity index (χ1) is 31.3. The average Bonchev–Trinajstić information content (AvgIpc) is 3.34. The minimum absolute atomic E-state index is 0.00721. The number of rotatable bonds is 18. The Morgan fingerprint density at radius 1 is 0.531 bits per heavy atom. The number of carbonyl (C=O) groups excluding carboxylic acids is 2. The van der Waals surface area contributed by atoms with Crippen LogP contribution >= 0.6 is 0 Å². The third-order valence-electron chi connectivity index (χ3n) is 12.7. The van der Waals surface area contributed by atoms with Crippen LogP contribution in [0.3, 0.4) is 0 Å². The first-order valence-corrected chi connectivity index (χ1v) is 23.7. The summed E-state index contributed by atoms with van der Waals surface area (Å²) in [5, 5.41) is 0. The van der Waals surface area contributed by atoms with E-state index in [1.54, 1.807) is 12.1 Å². The average molecular weight is 865 g/mol. The Morgan fingerprint density at radius 3 is 1.62 bits per heavy atom. The third kappa shape index (κ3) is 15.2. The predicted octanol–water partition coefficient (Wildman–Crippen LogP) is 14.9. The van der Waals surface area contributed by atoms with E-state index >= 15 is 0 Å². The maximum absolute atomic E-state index is 12.8. The van der Waals surface area contributed by atoms with E-state index in [9.17, 15) is 9.59 Å². The van der Waals surface area contributed by atoms with Gasteiger partial charge in [0, 0.05) is 5.56 Å². The molecule has 2 aliphatic rings. The summed E-state index contributed by atoms with van der Waals surface area (Å²) in [5.41, 5.74) is 5.77. The van der Waals surface area contributed by atoms with E-state index in [-0.39, 0.29) is 12.8 Å². The van der Waals surface area contributed by atoms with Crippen molar-refractivity contribution in [3.63, 3.8) is 0 Å². The molecule has 338 valence electrons. The van der Waals surface area contributed by atoms with Gasteiger partial charge in [-0.25, -0.2) is 9.59 Å². The lowest BCUT2D eigenvalue weighted by atomic mass is 9.79. The Bertz CT molecular complexity index is 2140. The van der Waals surface area contributed by atoms with Gasteiger partial charge in [0.15, 0.2) is 5.76 Å². The Hall–Kier alpha value is -5.82. The number of carbonyl (C=O) groups is 2. The van der Waals surface area contributed by atoms with Crippen molar-refractivity contribution in [1.29, 1.82) is 0 Å². The molecule has 64 heavy (non-hydrogen) atoms. The SMILES string of the molecule is CC1CCC(c2ccc(OCO/C(=C\OC(=O)c3ccc(C4CCC(C)CC4)cc3)c3ccccc3)cc2)CC1.CCCCCCOc1ccc(C(=O)Oc2ccc(CC)cc2)cc1. The Morgan fingerprint density at radius 2 is 1.05 bits per heavy atom. The summed E-state index contributed by atoms with van der Waals surface area (Å²) in [6.07, 6.45) is 17.2. The van der Waals surface area contributed by atoms with Gasteiger partial charge < -0.3 is 23.7 Å². The molecule has 0 heterocycles.